The molecule has 0 unspecified atom stereocenters. The maximum absolute atomic E-state index is 12.5. The van der Waals surface area contributed by atoms with Gasteiger partial charge < -0.3 is 15.0 Å². The number of esters is 1. The second kappa shape index (κ2) is 7.51. The van der Waals surface area contributed by atoms with E-state index in [0.717, 1.165) is 16.8 Å². The highest BCUT2D eigenvalue weighted by Gasteiger charge is 2.31. The molecular weight excluding hydrogens is 418 g/mol. The van der Waals surface area contributed by atoms with Gasteiger partial charge in [-0.3, -0.25) is 4.79 Å². The number of thioether (sulfide) groups is 1. The van der Waals surface area contributed by atoms with E-state index in [4.69, 9.17) is 4.74 Å². The third-order valence-electron chi connectivity index (χ3n) is 5.05. The van der Waals surface area contributed by atoms with Crippen molar-refractivity contribution in [2.45, 2.75) is 12.2 Å². The van der Waals surface area contributed by atoms with Crippen LogP contribution in [0.4, 0.5) is 5.82 Å². The molecule has 31 heavy (non-hydrogen) atoms. The molecular formula is C20H17N7O3S. The van der Waals surface area contributed by atoms with Crippen molar-refractivity contribution in [3.63, 3.8) is 0 Å². The highest BCUT2D eigenvalue weighted by molar-refractivity contribution is 8.00. The lowest BCUT2D eigenvalue weighted by Crippen LogP contribution is -2.16. The van der Waals surface area contributed by atoms with E-state index in [1.807, 2.05) is 19.1 Å². The van der Waals surface area contributed by atoms with Gasteiger partial charge in [-0.05, 0) is 24.6 Å². The average Bonchev–Trinajstić information content (AvgIpc) is 3.34. The first-order chi connectivity index (χ1) is 15.1. The maximum atomic E-state index is 12.5. The second-order valence-electron chi connectivity index (χ2n) is 6.91. The van der Waals surface area contributed by atoms with Gasteiger partial charge in [0.1, 0.15) is 17.7 Å². The minimum Gasteiger partial charge on any atom is -0.465 e. The third-order valence-corrected chi connectivity index (χ3v) is 6.32. The Balaban J connectivity index is 1.65. The first kappa shape index (κ1) is 19.2. The number of rotatable bonds is 3. The van der Waals surface area contributed by atoms with E-state index < -0.39 is 5.97 Å². The molecule has 1 amide bonds. The van der Waals surface area contributed by atoms with Crippen LogP contribution in [0.3, 0.4) is 0 Å². The number of fused-ring (bicyclic) bond motifs is 2. The summed E-state index contributed by atoms with van der Waals surface area (Å²) in [6, 6.07) is 7.19. The number of benzene rings is 1. The summed E-state index contributed by atoms with van der Waals surface area (Å²) in [6.45, 7) is 1.90. The molecule has 11 heteroatoms. The van der Waals surface area contributed by atoms with Crippen LogP contribution in [-0.2, 0) is 9.53 Å². The fourth-order valence-corrected chi connectivity index (χ4v) is 4.81. The van der Waals surface area contributed by atoms with Crippen molar-refractivity contribution in [2.24, 2.45) is 0 Å². The summed E-state index contributed by atoms with van der Waals surface area (Å²) in [5, 5.41) is 7.50. The topological polar surface area (TPSA) is 128 Å². The summed E-state index contributed by atoms with van der Waals surface area (Å²) in [6.07, 6.45) is 2.95. The number of anilines is 1. The Hall–Kier alpha value is -3.73. The Morgan fingerprint density at radius 2 is 2.03 bits per heavy atom. The van der Waals surface area contributed by atoms with Gasteiger partial charge in [-0.2, -0.15) is 9.78 Å². The van der Waals surface area contributed by atoms with E-state index in [1.165, 1.54) is 31.5 Å². The molecule has 1 aliphatic rings. The number of imidazole rings is 1. The fraction of sp³-hybridized carbons (Fsp3) is 0.200. The Kier molecular flexibility index (Phi) is 4.66. The number of hydrogen-bond acceptors (Lipinski definition) is 8. The predicted octanol–water partition coefficient (Wildman–Crippen LogP) is 2.41. The highest BCUT2D eigenvalue weighted by atomic mass is 32.2. The summed E-state index contributed by atoms with van der Waals surface area (Å²) in [4.78, 5) is 40.0. The Bertz CT molecular complexity index is 1310. The number of aromatic nitrogens is 6. The van der Waals surface area contributed by atoms with Crippen LogP contribution in [0, 0.1) is 6.92 Å². The summed E-state index contributed by atoms with van der Waals surface area (Å²) >= 11 is 1.50. The van der Waals surface area contributed by atoms with Crippen LogP contribution in [0.2, 0.25) is 0 Å². The molecule has 4 heterocycles. The number of H-pyrrole nitrogens is 1. The van der Waals surface area contributed by atoms with Gasteiger partial charge in [0, 0.05) is 5.56 Å². The first-order valence-electron chi connectivity index (χ1n) is 9.40. The number of ether oxygens (including phenoxy) is 1. The van der Waals surface area contributed by atoms with Gasteiger partial charge in [0.15, 0.2) is 11.5 Å². The van der Waals surface area contributed by atoms with E-state index in [0.29, 0.717) is 28.4 Å². The zero-order chi connectivity index (χ0) is 21.5. The van der Waals surface area contributed by atoms with Crippen molar-refractivity contribution < 1.29 is 14.3 Å². The van der Waals surface area contributed by atoms with Gasteiger partial charge in [0.05, 0.1) is 35.7 Å². The van der Waals surface area contributed by atoms with Crippen LogP contribution < -0.4 is 5.32 Å². The largest absolute Gasteiger partial charge is 0.465 e. The minimum absolute atomic E-state index is 0.129. The number of amides is 1. The molecule has 0 saturated heterocycles. The van der Waals surface area contributed by atoms with Crippen molar-refractivity contribution in [3.05, 3.63) is 59.3 Å². The standard InChI is InChI=1S/C20H17N7O3S/c1-10-14-16(11-3-5-12(6-4-11)20(29)30-2)31-7-13(28)25-18(14)27(26-10)19-15-17(22-8-21-15)23-9-24-19/h3-6,8-9,16H,7H2,1-2H3,(H,25,28)(H,21,22,23,24)/t16-/m1/s1. The molecule has 0 spiro atoms. The summed E-state index contributed by atoms with van der Waals surface area (Å²) in [5.74, 6) is 0.814. The lowest BCUT2D eigenvalue weighted by molar-refractivity contribution is -0.113. The molecule has 1 aliphatic heterocycles. The molecule has 1 aromatic carbocycles. The zero-order valence-electron chi connectivity index (χ0n) is 16.6. The van der Waals surface area contributed by atoms with Gasteiger partial charge in [-0.25, -0.2) is 19.7 Å². The second-order valence-corrected chi connectivity index (χ2v) is 8.00. The van der Waals surface area contributed by atoms with Crippen LogP contribution in [0.5, 0.6) is 0 Å². The molecule has 10 nitrogen and oxygen atoms in total. The maximum Gasteiger partial charge on any atom is 0.337 e. The molecule has 0 bridgehead atoms. The van der Waals surface area contributed by atoms with Gasteiger partial charge in [0.25, 0.3) is 0 Å². The number of aryl methyl sites for hydroxylation is 1. The molecule has 156 valence electrons. The predicted molar refractivity (Wildman–Crippen MR) is 114 cm³/mol. The van der Waals surface area contributed by atoms with Gasteiger partial charge >= 0.3 is 5.97 Å². The van der Waals surface area contributed by atoms with Crippen molar-refractivity contribution in [1.82, 2.24) is 29.7 Å². The van der Waals surface area contributed by atoms with Crippen molar-refractivity contribution in [3.8, 4) is 5.82 Å². The molecule has 1 atom stereocenters. The quantitative estimate of drug-likeness (QED) is 0.470. The van der Waals surface area contributed by atoms with Crippen molar-refractivity contribution >= 4 is 40.6 Å². The van der Waals surface area contributed by atoms with E-state index in [-0.39, 0.29) is 16.9 Å². The Labute approximate surface area is 180 Å². The van der Waals surface area contributed by atoms with Gasteiger partial charge in [-0.1, -0.05) is 12.1 Å². The minimum atomic E-state index is -0.395. The molecule has 0 aliphatic carbocycles. The highest BCUT2D eigenvalue weighted by Crippen LogP contribution is 2.44. The van der Waals surface area contributed by atoms with E-state index in [2.05, 4.69) is 30.4 Å². The van der Waals surface area contributed by atoms with E-state index >= 15 is 0 Å². The Morgan fingerprint density at radius 3 is 2.81 bits per heavy atom. The molecule has 0 fully saturated rings. The van der Waals surface area contributed by atoms with Crippen LogP contribution in [0.15, 0.2) is 36.9 Å². The van der Waals surface area contributed by atoms with Gasteiger partial charge in [0.2, 0.25) is 5.91 Å². The molecule has 0 saturated carbocycles. The molecule has 4 aromatic rings. The summed E-state index contributed by atoms with van der Waals surface area (Å²) < 4.78 is 6.40. The molecule has 3 aromatic heterocycles. The fourth-order valence-electron chi connectivity index (χ4n) is 3.62. The first-order valence-corrected chi connectivity index (χ1v) is 10.5. The average molecular weight is 435 g/mol. The normalized spacial score (nSPS) is 15.9. The Morgan fingerprint density at radius 1 is 1.23 bits per heavy atom. The van der Waals surface area contributed by atoms with Crippen molar-refractivity contribution in [1.29, 1.82) is 0 Å². The summed E-state index contributed by atoms with van der Waals surface area (Å²) in [7, 11) is 1.35. The number of carbonyl (C=O) groups is 2. The van der Waals surface area contributed by atoms with Crippen LogP contribution >= 0.6 is 11.8 Å². The monoisotopic (exact) mass is 435 g/mol. The smallest absolute Gasteiger partial charge is 0.337 e. The molecule has 5 rings (SSSR count). The number of carbonyl (C=O) groups excluding carboxylic acids is 2. The number of nitrogens with one attached hydrogen (secondary N) is 2. The van der Waals surface area contributed by atoms with Crippen molar-refractivity contribution in [2.75, 3.05) is 18.2 Å². The number of methoxy groups -OCH3 is 1. The van der Waals surface area contributed by atoms with E-state index in [9.17, 15) is 9.59 Å². The molecule has 0 radical (unpaired) electrons. The molecule has 2 N–H and O–H groups in total. The van der Waals surface area contributed by atoms with E-state index in [1.54, 1.807) is 16.8 Å². The van der Waals surface area contributed by atoms with Crippen LogP contribution in [-0.4, -0.2) is 54.5 Å². The summed E-state index contributed by atoms with van der Waals surface area (Å²) in [5.41, 5.74) is 4.20. The van der Waals surface area contributed by atoms with Crippen LogP contribution in [0.25, 0.3) is 17.0 Å². The van der Waals surface area contributed by atoms with Crippen LogP contribution in [0.1, 0.15) is 32.4 Å². The third kappa shape index (κ3) is 3.22. The number of nitrogens with zero attached hydrogens (tertiary/aromatic N) is 5. The lowest BCUT2D eigenvalue weighted by Gasteiger charge is -2.15. The number of aromatic amines is 1. The number of hydrogen-bond donors (Lipinski definition) is 2. The lowest BCUT2D eigenvalue weighted by atomic mass is 10.0. The SMILES string of the molecule is COC(=O)c1ccc([C@H]2SCC(=O)Nc3c2c(C)nn3-c2ncnc3nc[nH]c23)cc1. The van der Waals surface area contributed by atoms with Gasteiger partial charge in [-0.15, -0.1) is 11.8 Å². The zero-order valence-corrected chi connectivity index (χ0v) is 17.4.